The van der Waals surface area contributed by atoms with Crippen LogP contribution in [0.3, 0.4) is 0 Å². The molecule has 40 heavy (non-hydrogen) atoms. The van der Waals surface area contributed by atoms with E-state index in [1.54, 1.807) is 13.8 Å². The van der Waals surface area contributed by atoms with Crippen molar-refractivity contribution in [2.45, 2.75) is 45.3 Å². The fraction of sp³-hybridized carbons (Fsp3) is 0.452. The molecule has 6 rings (SSSR count). The molecule has 1 aromatic carbocycles. The van der Waals surface area contributed by atoms with Gasteiger partial charge in [0, 0.05) is 74.0 Å². The van der Waals surface area contributed by atoms with Gasteiger partial charge in [0.25, 0.3) is 0 Å². The van der Waals surface area contributed by atoms with Gasteiger partial charge in [0.2, 0.25) is 5.95 Å². The van der Waals surface area contributed by atoms with Gasteiger partial charge < -0.3 is 20.2 Å². The van der Waals surface area contributed by atoms with Gasteiger partial charge in [-0.15, -0.1) is 0 Å². The molecule has 0 saturated carbocycles. The molecule has 4 aromatic rings. The number of pyridine rings is 1. The third-order valence-corrected chi connectivity index (χ3v) is 8.32. The Hall–Kier alpha value is -3.53. The van der Waals surface area contributed by atoms with Crippen LogP contribution in [0.2, 0.25) is 0 Å². The van der Waals surface area contributed by atoms with E-state index < -0.39 is 5.60 Å². The van der Waals surface area contributed by atoms with Crippen molar-refractivity contribution in [3.8, 4) is 5.82 Å². The van der Waals surface area contributed by atoms with Crippen LogP contribution in [0.1, 0.15) is 38.1 Å². The lowest BCUT2D eigenvalue weighted by Crippen LogP contribution is -2.52. The van der Waals surface area contributed by atoms with Gasteiger partial charge in [-0.3, -0.25) is 9.47 Å². The highest BCUT2D eigenvalue weighted by molar-refractivity contribution is 5.80. The Labute approximate surface area is 236 Å². The number of aliphatic hydroxyl groups is 1. The molecule has 0 atom stereocenters. The minimum Gasteiger partial charge on any atom is -0.384 e. The number of aromatic nitrogens is 4. The molecule has 3 aromatic heterocycles. The van der Waals surface area contributed by atoms with Crippen molar-refractivity contribution in [1.82, 2.24) is 29.3 Å². The number of hydrogen-bond donors (Lipinski definition) is 2. The van der Waals surface area contributed by atoms with Crippen LogP contribution in [0.4, 0.5) is 17.3 Å². The summed E-state index contributed by atoms with van der Waals surface area (Å²) in [5, 5.41) is 14.8. The number of hydrogen-bond acceptors (Lipinski definition) is 8. The Morgan fingerprint density at radius 2 is 1.65 bits per heavy atom. The number of likely N-dealkylation sites (N-methyl/N-ethyl adjacent to an activating group) is 1. The molecule has 0 aliphatic carbocycles. The molecule has 2 N–H and O–H groups in total. The summed E-state index contributed by atoms with van der Waals surface area (Å²) < 4.78 is 2.01. The Balaban J connectivity index is 1.14. The van der Waals surface area contributed by atoms with Gasteiger partial charge >= 0.3 is 0 Å². The lowest BCUT2D eigenvalue weighted by molar-refractivity contribution is 0.0738. The molecule has 2 fully saturated rings. The van der Waals surface area contributed by atoms with E-state index in [1.165, 1.54) is 44.7 Å². The maximum absolute atomic E-state index is 10.5. The second-order valence-electron chi connectivity index (χ2n) is 11.8. The normalized spacial score (nSPS) is 18.0. The molecule has 0 unspecified atom stereocenters. The standard InChI is InChI=1S/C31H40N8O/c1-22-20-23-21-32-30(35-29(23)39(22)28-7-5-6-27(34-28)31(2,3)40)33-24-8-10-25(11-9-24)37-14-12-26(13-15-37)38-18-16-36(4)17-19-38/h5-11,20-21,26,40H,12-19H2,1-4H3,(H,32,33,35). The molecule has 0 spiro atoms. The van der Waals surface area contributed by atoms with Gasteiger partial charge in [0.1, 0.15) is 11.4 Å². The Bertz CT molecular complexity index is 1460. The number of piperazine rings is 1. The van der Waals surface area contributed by atoms with Crippen molar-refractivity contribution >= 4 is 28.4 Å². The van der Waals surface area contributed by atoms with Crippen molar-refractivity contribution in [1.29, 1.82) is 0 Å². The Morgan fingerprint density at radius 1 is 0.925 bits per heavy atom. The molecule has 9 nitrogen and oxygen atoms in total. The molecule has 0 amide bonds. The summed E-state index contributed by atoms with van der Waals surface area (Å²) in [5.74, 6) is 1.25. The van der Waals surface area contributed by atoms with Gasteiger partial charge in [0.15, 0.2) is 5.65 Å². The third-order valence-electron chi connectivity index (χ3n) is 8.32. The summed E-state index contributed by atoms with van der Waals surface area (Å²) in [4.78, 5) is 21.8. The first-order valence-electron chi connectivity index (χ1n) is 14.3. The molecule has 9 heteroatoms. The lowest BCUT2D eigenvalue weighted by Gasteiger charge is -2.42. The number of nitrogens with zero attached hydrogens (tertiary/aromatic N) is 7. The maximum Gasteiger partial charge on any atom is 0.229 e. The van der Waals surface area contributed by atoms with Crippen LogP contribution in [0.25, 0.3) is 16.9 Å². The molecule has 2 aliphatic rings. The van der Waals surface area contributed by atoms with Gasteiger partial charge in [-0.05, 0) is 83.1 Å². The Morgan fingerprint density at radius 3 is 2.35 bits per heavy atom. The van der Waals surface area contributed by atoms with Crippen LogP contribution in [0.5, 0.6) is 0 Å². The summed E-state index contributed by atoms with van der Waals surface area (Å²) in [6.45, 7) is 12.5. The summed E-state index contributed by atoms with van der Waals surface area (Å²) in [6, 6.07) is 17.0. The molecular formula is C31H40N8O. The van der Waals surface area contributed by atoms with E-state index in [0.29, 0.717) is 17.7 Å². The van der Waals surface area contributed by atoms with Crippen molar-refractivity contribution in [3.05, 3.63) is 66.1 Å². The largest absolute Gasteiger partial charge is 0.384 e. The molecule has 210 valence electrons. The highest BCUT2D eigenvalue weighted by atomic mass is 16.3. The van der Waals surface area contributed by atoms with Crippen molar-refractivity contribution in [3.63, 3.8) is 0 Å². The number of aryl methyl sites for hydroxylation is 1. The number of fused-ring (bicyclic) bond motifs is 1. The van der Waals surface area contributed by atoms with E-state index in [1.807, 2.05) is 35.9 Å². The second-order valence-corrected chi connectivity index (χ2v) is 11.8. The van der Waals surface area contributed by atoms with E-state index in [4.69, 9.17) is 9.97 Å². The van der Waals surface area contributed by atoms with Crippen molar-refractivity contribution in [2.24, 2.45) is 0 Å². The maximum atomic E-state index is 10.5. The number of piperidine rings is 1. The predicted octanol–water partition coefficient (Wildman–Crippen LogP) is 4.31. The zero-order valence-corrected chi connectivity index (χ0v) is 24.0. The molecular weight excluding hydrogens is 500 g/mol. The number of nitrogens with one attached hydrogen (secondary N) is 1. The lowest BCUT2D eigenvalue weighted by atomic mass is 10.0. The predicted molar refractivity (Wildman–Crippen MR) is 161 cm³/mol. The highest BCUT2D eigenvalue weighted by Gasteiger charge is 2.27. The average molecular weight is 541 g/mol. The van der Waals surface area contributed by atoms with Crippen molar-refractivity contribution < 1.29 is 5.11 Å². The van der Waals surface area contributed by atoms with Crippen LogP contribution in [0, 0.1) is 6.92 Å². The Kier molecular flexibility index (Phi) is 7.20. The summed E-state index contributed by atoms with van der Waals surface area (Å²) in [7, 11) is 2.22. The fourth-order valence-electron chi connectivity index (χ4n) is 5.92. The van der Waals surface area contributed by atoms with E-state index in [2.05, 4.69) is 62.4 Å². The first kappa shape index (κ1) is 26.7. The molecule has 5 heterocycles. The van der Waals surface area contributed by atoms with Gasteiger partial charge in [-0.25, -0.2) is 9.97 Å². The van der Waals surface area contributed by atoms with Gasteiger partial charge in [0.05, 0.1) is 5.69 Å². The minimum absolute atomic E-state index is 0.534. The third kappa shape index (κ3) is 5.54. The van der Waals surface area contributed by atoms with Crippen LogP contribution in [-0.4, -0.2) is 86.8 Å². The van der Waals surface area contributed by atoms with Crippen LogP contribution in [-0.2, 0) is 5.60 Å². The number of rotatable bonds is 6. The van der Waals surface area contributed by atoms with E-state index >= 15 is 0 Å². The quantitative estimate of drug-likeness (QED) is 0.374. The fourth-order valence-corrected chi connectivity index (χ4v) is 5.92. The van der Waals surface area contributed by atoms with E-state index in [0.717, 1.165) is 41.3 Å². The molecule has 2 aliphatic heterocycles. The van der Waals surface area contributed by atoms with Crippen LogP contribution >= 0.6 is 0 Å². The SMILES string of the molecule is Cc1cc2cnc(Nc3ccc(N4CCC(N5CCN(C)CC5)CC4)cc3)nc2n1-c1cccc(C(C)(C)O)n1. The molecule has 0 radical (unpaired) electrons. The van der Waals surface area contributed by atoms with Crippen LogP contribution in [0.15, 0.2) is 54.7 Å². The minimum atomic E-state index is -1.03. The van der Waals surface area contributed by atoms with Crippen LogP contribution < -0.4 is 10.2 Å². The first-order chi connectivity index (χ1) is 19.2. The number of benzene rings is 1. The number of anilines is 3. The monoisotopic (exact) mass is 540 g/mol. The highest BCUT2D eigenvalue weighted by Crippen LogP contribution is 2.27. The smallest absolute Gasteiger partial charge is 0.229 e. The summed E-state index contributed by atoms with van der Waals surface area (Å²) >= 11 is 0. The first-order valence-corrected chi connectivity index (χ1v) is 14.3. The molecule has 2 saturated heterocycles. The van der Waals surface area contributed by atoms with Crippen molar-refractivity contribution in [2.75, 3.05) is 56.5 Å². The van der Waals surface area contributed by atoms with E-state index in [9.17, 15) is 5.11 Å². The zero-order chi connectivity index (χ0) is 27.9. The summed E-state index contributed by atoms with van der Waals surface area (Å²) in [5.41, 5.74) is 3.58. The van der Waals surface area contributed by atoms with E-state index in [-0.39, 0.29) is 0 Å². The molecule has 0 bridgehead atoms. The summed E-state index contributed by atoms with van der Waals surface area (Å²) in [6.07, 6.45) is 4.29. The van der Waals surface area contributed by atoms with Gasteiger partial charge in [-0.1, -0.05) is 6.07 Å². The zero-order valence-electron chi connectivity index (χ0n) is 24.0. The second kappa shape index (κ2) is 10.8. The average Bonchev–Trinajstić information content (AvgIpc) is 3.28. The topological polar surface area (TPSA) is 85.6 Å². The van der Waals surface area contributed by atoms with Gasteiger partial charge in [-0.2, -0.15) is 4.98 Å².